The summed E-state index contributed by atoms with van der Waals surface area (Å²) >= 11 is 0. The normalized spacial score (nSPS) is 15.0. The molecule has 0 aromatic rings. The highest BCUT2D eigenvalue weighted by Crippen LogP contribution is 2.23. The summed E-state index contributed by atoms with van der Waals surface area (Å²) in [5, 5.41) is 43.8. The maximum absolute atomic E-state index is 12.8. The van der Waals surface area contributed by atoms with Gasteiger partial charge in [-0.2, -0.15) is 0 Å². The van der Waals surface area contributed by atoms with Crippen LogP contribution in [-0.2, 0) is 47.7 Å². The van der Waals surface area contributed by atoms with Crippen molar-refractivity contribution in [3.05, 3.63) is 0 Å². The van der Waals surface area contributed by atoms with E-state index in [1.54, 1.807) is 0 Å². The molecular weight excluding hydrogens is 1080 g/mol. The zero-order chi connectivity index (χ0) is 60.0. The second-order valence-corrected chi connectivity index (χ2v) is 25.6. The van der Waals surface area contributed by atoms with Crippen molar-refractivity contribution in [2.45, 2.75) is 240 Å². The average Bonchev–Trinajstić information content (AvgIpc) is 3.41. The number of carbonyl (C=O) groups is 5. The second-order valence-electron chi connectivity index (χ2n) is 22.9. The van der Waals surface area contributed by atoms with Crippen LogP contribution in [0, 0.1) is 11.8 Å². The van der Waals surface area contributed by atoms with E-state index >= 15 is 0 Å². The fourth-order valence-electron chi connectivity index (χ4n) is 9.60. The maximum Gasteiger partial charge on any atom is 0.306 e. The minimum Gasteiger partial charge on any atom is -0.465 e. The van der Waals surface area contributed by atoms with E-state index in [1.165, 1.54) is 0 Å². The van der Waals surface area contributed by atoms with Crippen LogP contribution >= 0.6 is 21.6 Å². The molecule has 476 valence electrons. The van der Waals surface area contributed by atoms with Crippen molar-refractivity contribution in [1.82, 2.24) is 19.6 Å². The fourth-order valence-corrected chi connectivity index (χ4v) is 11.7. The minimum absolute atomic E-state index is 0.160. The first-order valence-electron chi connectivity index (χ1n) is 31.6. The summed E-state index contributed by atoms with van der Waals surface area (Å²) in [6.07, 6.45) is 11.7. The fraction of sp³-hybridized carbons (Fsp3) is 0.918. The quantitative estimate of drug-likeness (QED) is 0.0193. The van der Waals surface area contributed by atoms with E-state index in [2.05, 4.69) is 42.4 Å². The molecule has 1 fully saturated rings. The molecule has 1 rings (SSSR count). The van der Waals surface area contributed by atoms with E-state index in [4.69, 9.17) is 23.7 Å². The highest BCUT2D eigenvalue weighted by Gasteiger charge is 2.21. The molecule has 18 nitrogen and oxygen atoms in total. The van der Waals surface area contributed by atoms with Crippen molar-refractivity contribution in [2.75, 3.05) is 110 Å². The molecule has 0 amide bonds. The highest BCUT2D eigenvalue weighted by molar-refractivity contribution is 8.76. The van der Waals surface area contributed by atoms with Crippen LogP contribution in [0.25, 0.3) is 0 Å². The molecule has 0 spiro atoms. The number of aliphatic hydroxyl groups excluding tert-OH is 4. The summed E-state index contributed by atoms with van der Waals surface area (Å²) in [4.78, 5) is 70.1. The number of esters is 5. The molecule has 0 aromatic carbocycles. The zero-order valence-electron chi connectivity index (χ0n) is 51.9. The van der Waals surface area contributed by atoms with Gasteiger partial charge in [0.1, 0.15) is 6.61 Å². The van der Waals surface area contributed by atoms with Crippen LogP contribution in [0.15, 0.2) is 0 Å². The molecular formula is C61H116N4O14S2. The van der Waals surface area contributed by atoms with Gasteiger partial charge in [-0.15, -0.1) is 0 Å². The number of carbonyl (C=O) groups excluding carboxylic acids is 5. The van der Waals surface area contributed by atoms with Crippen molar-refractivity contribution >= 4 is 51.4 Å². The van der Waals surface area contributed by atoms with Crippen molar-refractivity contribution in [3.63, 3.8) is 0 Å². The topological polar surface area (TPSA) is 225 Å². The zero-order valence-corrected chi connectivity index (χ0v) is 53.5. The molecule has 20 heteroatoms. The van der Waals surface area contributed by atoms with E-state index in [1.807, 2.05) is 54.2 Å². The second kappa shape index (κ2) is 49.9. The van der Waals surface area contributed by atoms with Gasteiger partial charge in [0, 0.05) is 109 Å². The molecule has 1 heterocycles. The Hall–Kier alpha value is -2.27. The van der Waals surface area contributed by atoms with Gasteiger partial charge in [0.05, 0.1) is 49.8 Å². The molecule has 0 bridgehead atoms. The number of unbranched alkanes of at least 4 members (excludes halogenated alkanes) is 4. The number of piperazine rings is 1. The van der Waals surface area contributed by atoms with Crippen LogP contribution in [0.1, 0.15) is 203 Å². The molecule has 1 aliphatic rings. The number of ether oxygens (including phenoxy) is 5. The van der Waals surface area contributed by atoms with Crippen LogP contribution in [0.5, 0.6) is 0 Å². The van der Waals surface area contributed by atoms with Crippen LogP contribution in [0.4, 0.5) is 0 Å². The van der Waals surface area contributed by atoms with E-state index in [-0.39, 0.29) is 48.5 Å². The molecule has 0 radical (unpaired) electrons. The number of hydrogen-bond donors (Lipinski definition) is 4. The van der Waals surface area contributed by atoms with E-state index in [0.717, 1.165) is 95.7 Å². The van der Waals surface area contributed by atoms with E-state index in [9.17, 15) is 44.4 Å². The summed E-state index contributed by atoms with van der Waals surface area (Å²) in [6.45, 7) is 25.2. The van der Waals surface area contributed by atoms with Gasteiger partial charge in [-0.1, -0.05) is 101 Å². The van der Waals surface area contributed by atoms with Gasteiger partial charge in [0.15, 0.2) is 0 Å². The first-order valence-corrected chi connectivity index (χ1v) is 34.1. The monoisotopic (exact) mass is 1190 g/mol. The van der Waals surface area contributed by atoms with Crippen LogP contribution < -0.4 is 0 Å². The molecule has 81 heavy (non-hydrogen) atoms. The molecule has 0 saturated carbocycles. The summed E-state index contributed by atoms with van der Waals surface area (Å²) in [7, 11) is 3.73. The largest absolute Gasteiger partial charge is 0.465 e. The Balaban J connectivity index is 2.47. The highest BCUT2D eigenvalue weighted by atomic mass is 33.1. The molecule has 4 N–H and O–H groups in total. The van der Waals surface area contributed by atoms with Gasteiger partial charge >= 0.3 is 29.8 Å². The van der Waals surface area contributed by atoms with E-state index < -0.39 is 24.4 Å². The predicted molar refractivity (Wildman–Crippen MR) is 326 cm³/mol. The average molecular weight is 1190 g/mol. The standard InChI is InChI=1S/C61H116N4O14S2/c1-9-51(10-2)47-76-58(71)27-17-13-23-55(68)45-65(46-56(69)24-14-18-28-59(72)77-48-52(11-3)12-4)33-22-41-80-81-42-39-63-36-34-62(35-37-63)38-40-75-57(70)31-21-32-64(43-53(66)25-15-19-29-60(73)78-49(5)6)44-54(67)26-16-20-30-61(74)79-50(7)8/h49-56,66-69H,9-48H2,1-8H3. The van der Waals surface area contributed by atoms with Gasteiger partial charge in [0.2, 0.25) is 0 Å². The third-order valence-corrected chi connectivity index (χ3v) is 17.3. The maximum atomic E-state index is 12.8. The Bertz CT molecular complexity index is 1510. The lowest BCUT2D eigenvalue weighted by Crippen LogP contribution is -2.47. The van der Waals surface area contributed by atoms with Gasteiger partial charge in [0.25, 0.3) is 0 Å². The number of aliphatic hydroxyl groups is 4. The van der Waals surface area contributed by atoms with Crippen LogP contribution in [0.2, 0.25) is 0 Å². The Morgan fingerprint density at radius 1 is 0.432 bits per heavy atom. The Morgan fingerprint density at radius 2 is 0.765 bits per heavy atom. The first kappa shape index (κ1) is 76.7. The molecule has 0 aromatic heterocycles. The van der Waals surface area contributed by atoms with Gasteiger partial charge in [-0.05, 0) is 117 Å². The van der Waals surface area contributed by atoms with Crippen molar-refractivity contribution in [3.8, 4) is 0 Å². The van der Waals surface area contributed by atoms with Crippen molar-refractivity contribution in [2.24, 2.45) is 11.8 Å². The molecule has 4 atom stereocenters. The Kier molecular flexibility index (Phi) is 47.3. The third kappa shape index (κ3) is 44.8. The third-order valence-electron chi connectivity index (χ3n) is 14.8. The summed E-state index contributed by atoms with van der Waals surface area (Å²) in [5.74, 6) is 1.65. The number of nitrogens with zero attached hydrogens (tertiary/aromatic N) is 4. The molecule has 1 saturated heterocycles. The Labute approximate surface area is 498 Å². The van der Waals surface area contributed by atoms with Crippen LogP contribution in [-0.4, -0.2) is 216 Å². The lowest BCUT2D eigenvalue weighted by atomic mass is 10.1. The van der Waals surface area contributed by atoms with Crippen LogP contribution in [0.3, 0.4) is 0 Å². The smallest absolute Gasteiger partial charge is 0.306 e. The van der Waals surface area contributed by atoms with Gasteiger partial charge < -0.3 is 44.1 Å². The lowest BCUT2D eigenvalue weighted by molar-refractivity contribution is -0.148. The van der Waals surface area contributed by atoms with E-state index in [0.29, 0.717) is 167 Å². The number of hydrogen-bond acceptors (Lipinski definition) is 20. The van der Waals surface area contributed by atoms with Gasteiger partial charge in [-0.3, -0.25) is 43.6 Å². The van der Waals surface area contributed by atoms with Crippen molar-refractivity contribution in [1.29, 1.82) is 0 Å². The summed E-state index contributed by atoms with van der Waals surface area (Å²) < 4.78 is 27.0. The van der Waals surface area contributed by atoms with Crippen molar-refractivity contribution < 1.29 is 68.1 Å². The predicted octanol–water partition coefficient (Wildman–Crippen LogP) is 8.85. The van der Waals surface area contributed by atoms with Gasteiger partial charge in [-0.25, -0.2) is 0 Å². The Morgan fingerprint density at radius 3 is 1.15 bits per heavy atom. The lowest BCUT2D eigenvalue weighted by Gasteiger charge is -2.34. The number of rotatable bonds is 53. The molecule has 4 unspecified atom stereocenters. The summed E-state index contributed by atoms with van der Waals surface area (Å²) in [6, 6.07) is 0. The molecule has 1 aliphatic heterocycles. The molecule has 0 aliphatic carbocycles. The SMILES string of the molecule is CCC(CC)COC(=O)CCCCC(O)CN(CCCSSCCN1CCN(CCOC(=O)CCCN(CC(O)CCCCC(=O)OC(C)C)CC(O)CCCCC(=O)OC(C)C)CC1)CC(O)CCCCC(=O)OCC(CC)CC. The summed E-state index contributed by atoms with van der Waals surface area (Å²) in [5.41, 5.74) is 0. The first-order chi connectivity index (χ1) is 38.8. The minimum atomic E-state index is -0.655.